The van der Waals surface area contributed by atoms with Gasteiger partial charge in [0, 0.05) is 6.54 Å². The normalized spacial score (nSPS) is 10.8. The van der Waals surface area contributed by atoms with Crippen LogP contribution in [-0.4, -0.2) is 15.5 Å². The molecule has 0 fully saturated rings. The highest BCUT2D eigenvalue weighted by Crippen LogP contribution is 2.11. The van der Waals surface area contributed by atoms with Crippen molar-refractivity contribution in [3.05, 3.63) is 75.6 Å². The Morgan fingerprint density at radius 3 is 2.76 bits per heavy atom. The minimum Gasteiger partial charge on any atom is -0.350 e. The second-order valence-electron chi connectivity index (χ2n) is 6.01. The number of carbonyl (C=O) groups excluding carboxylic acids is 1. The SMILES string of the molecule is Cc1ccc(CNC(=O)Cn2cnc3c(C)cccc3c2=O)cc1F. The molecule has 1 amide bonds. The Morgan fingerprint density at radius 1 is 1.20 bits per heavy atom. The first-order chi connectivity index (χ1) is 12.0. The number of rotatable bonds is 4. The maximum absolute atomic E-state index is 13.5. The average molecular weight is 339 g/mol. The predicted octanol–water partition coefficient (Wildman–Crippen LogP) is 2.47. The minimum absolute atomic E-state index is 0.135. The monoisotopic (exact) mass is 339 g/mol. The molecular weight excluding hydrogens is 321 g/mol. The Balaban J connectivity index is 1.72. The van der Waals surface area contributed by atoms with Crippen molar-refractivity contribution in [2.24, 2.45) is 0 Å². The van der Waals surface area contributed by atoms with Gasteiger partial charge in [0.25, 0.3) is 5.56 Å². The van der Waals surface area contributed by atoms with Gasteiger partial charge in [0.05, 0.1) is 17.2 Å². The summed E-state index contributed by atoms with van der Waals surface area (Å²) in [5.74, 6) is -0.644. The molecule has 0 bridgehead atoms. The van der Waals surface area contributed by atoms with Crippen LogP contribution in [0.15, 0.2) is 47.5 Å². The molecule has 25 heavy (non-hydrogen) atoms. The Bertz CT molecular complexity index is 1010. The van der Waals surface area contributed by atoms with E-state index in [1.54, 1.807) is 31.2 Å². The van der Waals surface area contributed by atoms with Gasteiger partial charge in [-0.25, -0.2) is 9.37 Å². The van der Waals surface area contributed by atoms with Gasteiger partial charge in [-0.15, -0.1) is 0 Å². The lowest BCUT2D eigenvalue weighted by Gasteiger charge is -2.09. The second kappa shape index (κ2) is 6.84. The van der Waals surface area contributed by atoms with Crippen LogP contribution < -0.4 is 10.9 Å². The molecule has 0 unspecified atom stereocenters. The van der Waals surface area contributed by atoms with E-state index in [9.17, 15) is 14.0 Å². The number of hydrogen-bond donors (Lipinski definition) is 1. The van der Waals surface area contributed by atoms with Crippen molar-refractivity contribution in [2.45, 2.75) is 26.9 Å². The number of amides is 1. The second-order valence-corrected chi connectivity index (χ2v) is 6.01. The maximum Gasteiger partial charge on any atom is 0.261 e. The molecule has 3 aromatic rings. The molecule has 1 heterocycles. The first-order valence-electron chi connectivity index (χ1n) is 7.92. The summed E-state index contributed by atoms with van der Waals surface area (Å²) in [6, 6.07) is 10.2. The van der Waals surface area contributed by atoms with Gasteiger partial charge in [-0.2, -0.15) is 0 Å². The molecule has 128 valence electrons. The Morgan fingerprint density at radius 2 is 2.00 bits per heavy atom. The summed E-state index contributed by atoms with van der Waals surface area (Å²) in [5, 5.41) is 3.17. The Hall–Kier alpha value is -3.02. The van der Waals surface area contributed by atoms with E-state index < -0.39 is 0 Å². The van der Waals surface area contributed by atoms with Crippen molar-refractivity contribution in [3.8, 4) is 0 Å². The number of halogens is 1. The number of fused-ring (bicyclic) bond motifs is 1. The number of aryl methyl sites for hydroxylation is 2. The van der Waals surface area contributed by atoms with Crippen molar-refractivity contribution in [2.75, 3.05) is 0 Å². The van der Waals surface area contributed by atoms with Crippen molar-refractivity contribution >= 4 is 16.8 Å². The van der Waals surface area contributed by atoms with Crippen LogP contribution in [0.5, 0.6) is 0 Å². The summed E-state index contributed by atoms with van der Waals surface area (Å²) < 4.78 is 14.8. The number of hydrogen-bond acceptors (Lipinski definition) is 3. The highest BCUT2D eigenvalue weighted by atomic mass is 19.1. The molecule has 0 aliphatic rings. The molecule has 3 rings (SSSR count). The number of carbonyl (C=O) groups is 1. The van der Waals surface area contributed by atoms with Gasteiger partial charge in [0.2, 0.25) is 5.91 Å². The summed E-state index contributed by atoms with van der Waals surface area (Å²) in [6.45, 7) is 3.63. The lowest BCUT2D eigenvalue weighted by molar-refractivity contribution is -0.121. The van der Waals surface area contributed by atoms with E-state index in [-0.39, 0.29) is 30.4 Å². The molecule has 0 radical (unpaired) electrons. The third-order valence-electron chi connectivity index (χ3n) is 4.10. The topological polar surface area (TPSA) is 64.0 Å². The third-order valence-corrected chi connectivity index (χ3v) is 4.10. The summed E-state index contributed by atoms with van der Waals surface area (Å²) >= 11 is 0. The lowest BCUT2D eigenvalue weighted by atomic mass is 10.1. The van der Waals surface area contributed by atoms with Gasteiger partial charge in [-0.1, -0.05) is 24.3 Å². The van der Waals surface area contributed by atoms with Crippen molar-refractivity contribution < 1.29 is 9.18 Å². The molecule has 6 heteroatoms. The lowest BCUT2D eigenvalue weighted by Crippen LogP contribution is -2.32. The predicted molar refractivity (Wildman–Crippen MR) is 93.7 cm³/mol. The van der Waals surface area contributed by atoms with E-state index in [4.69, 9.17) is 0 Å². The molecule has 0 spiro atoms. The summed E-state index contributed by atoms with van der Waals surface area (Å²) in [7, 11) is 0. The van der Waals surface area contributed by atoms with Crippen LogP contribution in [0.2, 0.25) is 0 Å². The van der Waals surface area contributed by atoms with Crippen LogP contribution >= 0.6 is 0 Å². The van der Waals surface area contributed by atoms with Gasteiger partial charge in [0.15, 0.2) is 0 Å². The first-order valence-corrected chi connectivity index (χ1v) is 7.92. The fraction of sp³-hybridized carbons (Fsp3) is 0.211. The van der Waals surface area contributed by atoms with E-state index in [2.05, 4.69) is 10.3 Å². The number of nitrogens with zero attached hydrogens (tertiary/aromatic N) is 2. The summed E-state index contributed by atoms with van der Waals surface area (Å²) in [6.07, 6.45) is 1.38. The minimum atomic E-state index is -0.336. The molecule has 1 aromatic heterocycles. The van der Waals surface area contributed by atoms with Gasteiger partial charge in [0.1, 0.15) is 12.4 Å². The molecule has 0 atom stereocenters. The fourth-order valence-corrected chi connectivity index (χ4v) is 2.61. The number of para-hydroxylation sites is 1. The molecule has 0 saturated carbocycles. The van der Waals surface area contributed by atoms with Gasteiger partial charge < -0.3 is 5.32 Å². The molecule has 5 nitrogen and oxygen atoms in total. The zero-order chi connectivity index (χ0) is 18.0. The van der Waals surface area contributed by atoms with E-state index >= 15 is 0 Å². The van der Waals surface area contributed by atoms with Crippen LogP contribution in [-0.2, 0) is 17.9 Å². The Labute approximate surface area is 144 Å². The smallest absolute Gasteiger partial charge is 0.261 e. The van der Waals surface area contributed by atoms with Gasteiger partial charge in [-0.05, 0) is 42.7 Å². The van der Waals surface area contributed by atoms with Crippen LogP contribution in [0.1, 0.15) is 16.7 Å². The van der Waals surface area contributed by atoms with E-state index in [1.807, 2.05) is 13.0 Å². The molecule has 1 N–H and O–H groups in total. The third kappa shape index (κ3) is 3.57. The largest absolute Gasteiger partial charge is 0.350 e. The van der Waals surface area contributed by atoms with Crippen LogP contribution in [0.4, 0.5) is 4.39 Å². The van der Waals surface area contributed by atoms with Crippen LogP contribution in [0.3, 0.4) is 0 Å². The van der Waals surface area contributed by atoms with Gasteiger partial charge in [-0.3, -0.25) is 14.2 Å². The molecule has 0 aliphatic carbocycles. The zero-order valence-electron chi connectivity index (χ0n) is 14.0. The standard InChI is InChI=1S/C19H18FN3O2/c1-12-6-7-14(8-16(12)20)9-21-17(24)10-23-11-22-18-13(2)4-3-5-15(18)19(23)25/h3-8,11H,9-10H2,1-2H3,(H,21,24). The zero-order valence-corrected chi connectivity index (χ0v) is 14.0. The summed E-state index contributed by atoms with van der Waals surface area (Å²) in [4.78, 5) is 28.8. The summed E-state index contributed by atoms with van der Waals surface area (Å²) in [5.41, 5.74) is 2.51. The maximum atomic E-state index is 13.5. The van der Waals surface area contributed by atoms with Crippen molar-refractivity contribution in [3.63, 3.8) is 0 Å². The van der Waals surface area contributed by atoms with Gasteiger partial charge >= 0.3 is 0 Å². The number of nitrogens with one attached hydrogen (secondary N) is 1. The molecular formula is C19H18FN3O2. The molecule has 0 aliphatic heterocycles. The Kier molecular flexibility index (Phi) is 4.61. The van der Waals surface area contributed by atoms with E-state index in [0.717, 1.165) is 5.56 Å². The van der Waals surface area contributed by atoms with E-state index in [0.29, 0.717) is 22.0 Å². The fourth-order valence-electron chi connectivity index (χ4n) is 2.61. The number of aromatic nitrogens is 2. The molecule has 0 saturated heterocycles. The number of benzene rings is 2. The van der Waals surface area contributed by atoms with E-state index in [1.165, 1.54) is 17.0 Å². The highest BCUT2D eigenvalue weighted by Gasteiger charge is 2.09. The highest BCUT2D eigenvalue weighted by molar-refractivity contribution is 5.81. The first kappa shape index (κ1) is 16.8. The van der Waals surface area contributed by atoms with Crippen LogP contribution in [0, 0.1) is 19.7 Å². The van der Waals surface area contributed by atoms with Crippen molar-refractivity contribution in [1.82, 2.24) is 14.9 Å². The van der Waals surface area contributed by atoms with Crippen molar-refractivity contribution in [1.29, 1.82) is 0 Å². The van der Waals surface area contributed by atoms with Crippen LogP contribution in [0.25, 0.3) is 10.9 Å². The average Bonchev–Trinajstić information content (AvgIpc) is 2.59. The molecule has 2 aromatic carbocycles. The quantitative estimate of drug-likeness (QED) is 0.794.